The molecule has 5 rings (SSSR count). The molecule has 0 saturated carbocycles. The molecule has 0 radical (unpaired) electrons. The van der Waals surface area contributed by atoms with Crippen molar-refractivity contribution in [2.45, 2.75) is 38.2 Å². The van der Waals surface area contributed by atoms with E-state index in [0.717, 1.165) is 0 Å². The SMILES string of the molecule is CC(=O)OCCOC(=O)c1ccc2c(c1)C1(OC2=O)c2cc(CCC(=O)O)c(O)cc2Oc2cc(O)c(CCC(=O)O)cc21. The van der Waals surface area contributed by atoms with Gasteiger partial charge in [-0.25, -0.2) is 9.59 Å². The van der Waals surface area contributed by atoms with Gasteiger partial charge in [0.25, 0.3) is 0 Å². The Labute approximate surface area is 249 Å². The number of esters is 3. The lowest BCUT2D eigenvalue weighted by Gasteiger charge is -2.37. The van der Waals surface area contributed by atoms with E-state index in [9.17, 15) is 44.4 Å². The molecule has 0 amide bonds. The highest BCUT2D eigenvalue weighted by molar-refractivity contribution is 5.99. The molecule has 3 aromatic carbocycles. The molecule has 2 heterocycles. The van der Waals surface area contributed by atoms with Crippen LogP contribution in [0.5, 0.6) is 23.0 Å². The number of benzene rings is 3. The van der Waals surface area contributed by atoms with Gasteiger partial charge in [-0.1, -0.05) is 0 Å². The summed E-state index contributed by atoms with van der Waals surface area (Å²) in [7, 11) is 0. The predicted octanol–water partition coefficient (Wildman–Crippen LogP) is 3.42. The predicted molar refractivity (Wildman–Crippen MR) is 147 cm³/mol. The van der Waals surface area contributed by atoms with Crippen molar-refractivity contribution in [1.29, 1.82) is 0 Å². The summed E-state index contributed by atoms with van der Waals surface area (Å²) in [5.74, 6) is -4.81. The lowest BCUT2D eigenvalue weighted by molar-refractivity contribution is -0.142. The van der Waals surface area contributed by atoms with Crippen LogP contribution in [-0.4, -0.2) is 63.5 Å². The average molecular weight is 607 g/mol. The zero-order valence-corrected chi connectivity index (χ0v) is 23.2. The smallest absolute Gasteiger partial charge is 0.340 e. The Bertz CT molecular complexity index is 1650. The topological polar surface area (TPSA) is 203 Å². The van der Waals surface area contributed by atoms with E-state index in [2.05, 4.69) is 0 Å². The van der Waals surface area contributed by atoms with Crippen molar-refractivity contribution in [2.75, 3.05) is 13.2 Å². The number of carboxylic acid groups (broad SMARTS) is 2. The summed E-state index contributed by atoms with van der Waals surface area (Å²) < 4.78 is 22.1. The number of rotatable bonds is 10. The lowest BCUT2D eigenvalue weighted by Crippen LogP contribution is -2.33. The van der Waals surface area contributed by atoms with Crippen LogP contribution in [0.2, 0.25) is 0 Å². The maximum absolute atomic E-state index is 13.4. The number of aliphatic carboxylic acids is 2. The lowest BCUT2D eigenvalue weighted by atomic mass is 9.76. The van der Waals surface area contributed by atoms with Gasteiger partial charge in [-0.2, -0.15) is 0 Å². The van der Waals surface area contributed by atoms with E-state index >= 15 is 0 Å². The van der Waals surface area contributed by atoms with Gasteiger partial charge in [-0.15, -0.1) is 0 Å². The van der Waals surface area contributed by atoms with Gasteiger partial charge >= 0.3 is 29.8 Å². The average Bonchev–Trinajstić information content (AvgIpc) is 3.25. The summed E-state index contributed by atoms with van der Waals surface area (Å²) in [5.41, 5.74) is -0.695. The zero-order valence-electron chi connectivity index (χ0n) is 23.2. The highest BCUT2D eigenvalue weighted by Crippen LogP contribution is 2.58. The third-order valence-electron chi connectivity index (χ3n) is 7.28. The van der Waals surface area contributed by atoms with Crippen LogP contribution < -0.4 is 4.74 Å². The Morgan fingerprint density at radius 2 is 1.32 bits per heavy atom. The second kappa shape index (κ2) is 11.6. The standard InChI is InChI=1S/C31H26O13/c1-15(32)41-8-9-42-29(39)18-2-5-19-20(12-18)31(44-30(19)40)21-10-16(3-6-27(35)36)23(33)13-25(21)43-26-14-24(34)17(11-22(26)31)4-7-28(37)38/h2,5,10-14,33-34H,3-4,6-9H2,1H3,(H,35,36)(H,37,38). The molecule has 0 unspecified atom stereocenters. The maximum Gasteiger partial charge on any atom is 0.340 e. The fourth-order valence-corrected chi connectivity index (χ4v) is 5.29. The van der Waals surface area contributed by atoms with Crippen molar-refractivity contribution < 1.29 is 63.3 Å². The number of aromatic hydroxyl groups is 2. The van der Waals surface area contributed by atoms with Crippen LogP contribution >= 0.6 is 0 Å². The van der Waals surface area contributed by atoms with Crippen LogP contribution in [0.15, 0.2) is 42.5 Å². The number of ether oxygens (including phenoxy) is 4. The van der Waals surface area contributed by atoms with Crippen molar-refractivity contribution in [2.24, 2.45) is 0 Å². The first-order valence-electron chi connectivity index (χ1n) is 13.4. The zero-order chi connectivity index (χ0) is 31.8. The minimum absolute atomic E-state index is 0.0219. The van der Waals surface area contributed by atoms with E-state index in [0.29, 0.717) is 0 Å². The molecule has 0 aliphatic carbocycles. The number of carbonyl (C=O) groups is 5. The highest BCUT2D eigenvalue weighted by atomic mass is 16.6. The van der Waals surface area contributed by atoms with E-state index in [-0.39, 0.29) is 101 Å². The van der Waals surface area contributed by atoms with Crippen molar-refractivity contribution in [3.63, 3.8) is 0 Å². The van der Waals surface area contributed by atoms with Gasteiger partial charge in [0.2, 0.25) is 0 Å². The van der Waals surface area contributed by atoms with Gasteiger partial charge in [-0.3, -0.25) is 14.4 Å². The Morgan fingerprint density at radius 3 is 1.84 bits per heavy atom. The number of fused-ring (bicyclic) bond motifs is 6. The second-order valence-electron chi connectivity index (χ2n) is 10.2. The molecule has 2 aliphatic heterocycles. The first-order valence-corrected chi connectivity index (χ1v) is 13.4. The number of carbonyl (C=O) groups excluding carboxylic acids is 3. The number of aryl methyl sites for hydroxylation is 2. The fraction of sp³-hybridized carbons (Fsp3) is 0.258. The van der Waals surface area contributed by atoms with E-state index in [4.69, 9.17) is 18.9 Å². The molecule has 0 fully saturated rings. The monoisotopic (exact) mass is 606 g/mol. The maximum atomic E-state index is 13.4. The van der Waals surface area contributed by atoms with E-state index in [1.165, 1.54) is 49.4 Å². The van der Waals surface area contributed by atoms with Crippen molar-refractivity contribution >= 4 is 29.8 Å². The molecular weight excluding hydrogens is 580 g/mol. The van der Waals surface area contributed by atoms with Crippen LogP contribution in [-0.2, 0) is 47.0 Å². The third-order valence-corrected chi connectivity index (χ3v) is 7.28. The van der Waals surface area contributed by atoms with Crippen LogP contribution in [0, 0.1) is 0 Å². The molecule has 3 aromatic rings. The number of hydrogen-bond acceptors (Lipinski definition) is 11. The Kier molecular flexibility index (Phi) is 7.87. The molecule has 2 aliphatic rings. The summed E-state index contributed by atoms with van der Waals surface area (Å²) in [6.45, 7) is 0.816. The normalized spacial score (nSPS) is 13.6. The van der Waals surface area contributed by atoms with Crippen molar-refractivity contribution in [3.8, 4) is 23.0 Å². The third kappa shape index (κ3) is 5.46. The summed E-state index contributed by atoms with van der Waals surface area (Å²) in [5, 5.41) is 39.9. The summed E-state index contributed by atoms with van der Waals surface area (Å²) in [6, 6.07) is 9.51. The number of phenols is 2. The van der Waals surface area contributed by atoms with Gasteiger partial charge in [0, 0.05) is 48.6 Å². The van der Waals surface area contributed by atoms with Crippen LogP contribution in [0.1, 0.15) is 68.3 Å². The molecule has 13 heteroatoms. The minimum Gasteiger partial charge on any atom is -0.508 e. The van der Waals surface area contributed by atoms with E-state index < -0.39 is 35.4 Å². The highest BCUT2D eigenvalue weighted by Gasteiger charge is 2.54. The summed E-state index contributed by atoms with van der Waals surface area (Å²) in [6.07, 6.45) is -0.786. The summed E-state index contributed by atoms with van der Waals surface area (Å²) >= 11 is 0. The molecule has 228 valence electrons. The van der Waals surface area contributed by atoms with Gasteiger partial charge in [0.1, 0.15) is 36.2 Å². The molecule has 44 heavy (non-hydrogen) atoms. The second-order valence-corrected chi connectivity index (χ2v) is 10.2. The minimum atomic E-state index is -1.82. The van der Waals surface area contributed by atoms with Crippen molar-refractivity contribution in [3.05, 3.63) is 81.4 Å². The van der Waals surface area contributed by atoms with Gasteiger partial charge in [0.15, 0.2) is 5.60 Å². The number of hydrogen-bond donors (Lipinski definition) is 4. The molecule has 4 N–H and O–H groups in total. The molecule has 0 atom stereocenters. The Balaban J connectivity index is 1.69. The first-order chi connectivity index (χ1) is 20.9. The molecular formula is C31H26O13. The van der Waals surface area contributed by atoms with Gasteiger partial charge < -0.3 is 39.4 Å². The van der Waals surface area contributed by atoms with E-state index in [1.54, 1.807) is 0 Å². The van der Waals surface area contributed by atoms with Gasteiger partial charge in [-0.05, 0) is 54.3 Å². The molecule has 1 spiro atoms. The van der Waals surface area contributed by atoms with Crippen molar-refractivity contribution in [1.82, 2.24) is 0 Å². The Morgan fingerprint density at radius 1 is 0.773 bits per heavy atom. The van der Waals surface area contributed by atoms with Crippen LogP contribution in [0.25, 0.3) is 0 Å². The van der Waals surface area contributed by atoms with E-state index in [1.807, 2.05) is 0 Å². The van der Waals surface area contributed by atoms with Crippen LogP contribution in [0.4, 0.5) is 0 Å². The quantitative estimate of drug-likeness (QED) is 0.149. The fourth-order valence-electron chi connectivity index (χ4n) is 5.29. The first kappa shape index (κ1) is 29.9. The largest absolute Gasteiger partial charge is 0.508 e. The number of carboxylic acids is 2. The molecule has 13 nitrogen and oxygen atoms in total. The van der Waals surface area contributed by atoms with Gasteiger partial charge in [0.05, 0.1) is 11.1 Å². The van der Waals surface area contributed by atoms with Crippen LogP contribution in [0.3, 0.4) is 0 Å². The summed E-state index contributed by atoms with van der Waals surface area (Å²) in [4.78, 5) is 59.9. The number of phenolic OH excluding ortho intramolecular Hbond substituents is 2. The molecule has 0 saturated heterocycles. The molecule has 0 bridgehead atoms. The Hall–Kier alpha value is -5.59. The molecule has 0 aromatic heterocycles.